The molecule has 3 N–H and O–H groups in total. The fraction of sp³-hybridized carbons (Fsp3) is 0.655. The lowest BCUT2D eigenvalue weighted by molar-refractivity contribution is -0.192. The molecule has 26 heteroatoms. The van der Waals surface area contributed by atoms with Crippen LogP contribution in [0.4, 0.5) is 17.6 Å². The summed E-state index contributed by atoms with van der Waals surface area (Å²) in [6, 6.07) is 0.493. The molecule has 12 atom stereocenters. The molecule has 0 saturated carbocycles. The lowest BCUT2D eigenvalue weighted by Crippen LogP contribution is -2.58. The van der Waals surface area contributed by atoms with Crippen LogP contribution in [0.2, 0.25) is 0 Å². The zero-order valence-corrected chi connectivity index (χ0v) is 48.6. The van der Waals surface area contributed by atoms with Gasteiger partial charge in [0, 0.05) is 75.4 Å². The Morgan fingerprint density at radius 3 is 1.43 bits per heavy atom. The number of amides is 4. The monoisotopic (exact) mass is 1200 g/mol. The third kappa shape index (κ3) is 26.3. The molecule has 2 unspecified atom stereocenters. The van der Waals surface area contributed by atoms with Gasteiger partial charge >= 0.3 is 42.0 Å². The van der Waals surface area contributed by atoms with E-state index in [1.54, 1.807) is 12.2 Å². The number of rotatable bonds is 26. The summed E-state index contributed by atoms with van der Waals surface area (Å²) >= 11 is 0. The number of carbonyl (C=O) groups is 10. The first-order valence-electron chi connectivity index (χ1n) is 27.0. The largest absolute Gasteiger partial charge is 0.455 e. The zero-order valence-electron chi connectivity index (χ0n) is 48.6. The predicted octanol–water partition coefficient (Wildman–Crippen LogP) is 6.71. The smallest absolute Gasteiger partial charge is 0.419 e. The van der Waals surface area contributed by atoms with Crippen molar-refractivity contribution in [2.24, 2.45) is 11.8 Å². The van der Waals surface area contributed by atoms with E-state index in [4.69, 9.17) is 37.9 Å². The minimum Gasteiger partial charge on any atom is -0.455 e. The molecule has 3 rings (SSSR count). The molecule has 476 valence electrons. The molecular weight excluding hydrogens is 1120 g/mol. The highest BCUT2D eigenvalue weighted by Crippen LogP contribution is 2.33. The Hall–Kier alpha value is -6.96. The Morgan fingerprint density at radius 1 is 0.619 bits per heavy atom. The minimum absolute atomic E-state index is 0. The quantitative estimate of drug-likeness (QED) is 0.0376. The molecule has 0 spiro atoms. The highest BCUT2D eigenvalue weighted by molar-refractivity contribution is 5.91. The summed E-state index contributed by atoms with van der Waals surface area (Å²) in [5.41, 5.74) is -1.43. The third-order valence-electron chi connectivity index (χ3n) is 12.9. The number of methoxy groups -OCH3 is 2. The number of esters is 6. The van der Waals surface area contributed by atoms with Crippen molar-refractivity contribution < 1.29 is 103 Å². The fourth-order valence-electron chi connectivity index (χ4n) is 8.57. The summed E-state index contributed by atoms with van der Waals surface area (Å²) in [6.07, 6.45) is -5.71. The Morgan fingerprint density at radius 2 is 1.02 bits per heavy atom. The zero-order chi connectivity index (χ0) is 62.0. The molecule has 4 amide bonds. The van der Waals surface area contributed by atoms with Crippen molar-refractivity contribution in [1.82, 2.24) is 20.9 Å². The van der Waals surface area contributed by atoms with Gasteiger partial charge in [-0.1, -0.05) is 73.6 Å². The Labute approximate surface area is 490 Å². The summed E-state index contributed by atoms with van der Waals surface area (Å²) in [6.45, 7) is 14.8. The van der Waals surface area contributed by atoms with E-state index in [-0.39, 0.29) is 57.7 Å². The Balaban J connectivity index is 0.00000167. The van der Waals surface area contributed by atoms with Crippen LogP contribution in [0.25, 0.3) is 0 Å². The minimum atomic E-state index is -4.94. The second-order valence-electron chi connectivity index (χ2n) is 19.8. The first-order valence-corrected chi connectivity index (χ1v) is 27.0. The molecule has 22 nitrogen and oxygen atoms in total. The summed E-state index contributed by atoms with van der Waals surface area (Å²) in [5, 5.41) is 7.92. The lowest BCUT2D eigenvalue weighted by atomic mass is 9.98. The summed E-state index contributed by atoms with van der Waals surface area (Å²) in [5.74, 6) is -8.64. The second kappa shape index (κ2) is 38.1. The predicted molar refractivity (Wildman–Crippen MR) is 297 cm³/mol. The number of halogens is 4. The van der Waals surface area contributed by atoms with E-state index in [0.29, 0.717) is 37.9 Å². The maximum atomic E-state index is 13.8. The van der Waals surface area contributed by atoms with Gasteiger partial charge in [0.05, 0.1) is 5.56 Å². The first-order chi connectivity index (χ1) is 38.5. The van der Waals surface area contributed by atoms with E-state index in [0.717, 1.165) is 73.5 Å². The van der Waals surface area contributed by atoms with E-state index < -0.39 is 132 Å². The molecule has 84 heavy (non-hydrogen) atoms. The van der Waals surface area contributed by atoms with Gasteiger partial charge in [0.1, 0.15) is 17.9 Å². The van der Waals surface area contributed by atoms with Crippen LogP contribution < -0.4 is 16.0 Å². The molecule has 0 aromatic heterocycles. The lowest BCUT2D eigenvalue weighted by Gasteiger charge is -2.34. The van der Waals surface area contributed by atoms with Crippen molar-refractivity contribution in [3.63, 3.8) is 0 Å². The number of ether oxygens (including phenoxy) is 8. The number of hydrogen-bond donors (Lipinski definition) is 3. The van der Waals surface area contributed by atoms with Crippen molar-refractivity contribution >= 4 is 59.4 Å². The van der Waals surface area contributed by atoms with Crippen molar-refractivity contribution in [3.8, 4) is 0 Å². The maximum Gasteiger partial charge on any atom is 0.419 e. The summed E-state index contributed by atoms with van der Waals surface area (Å²) in [4.78, 5) is 126. The molecule has 2 heterocycles. The van der Waals surface area contributed by atoms with Crippen LogP contribution >= 0.6 is 0 Å². The van der Waals surface area contributed by atoms with Gasteiger partial charge in [-0.25, -0.2) is 4.39 Å². The molecule has 1 aromatic carbocycles. The van der Waals surface area contributed by atoms with Gasteiger partial charge in [-0.15, -0.1) is 0 Å². The summed E-state index contributed by atoms with van der Waals surface area (Å²) in [7, 11) is 2.34. The van der Waals surface area contributed by atoms with Gasteiger partial charge in [-0.3, -0.25) is 47.9 Å². The number of alkyl halides is 3. The van der Waals surface area contributed by atoms with Crippen molar-refractivity contribution in [2.75, 3.05) is 27.3 Å². The Bertz CT molecular complexity index is 2400. The molecule has 2 aliphatic rings. The number of likely N-dealkylation sites (tertiary alicyclic amines) is 1. The molecule has 2 fully saturated rings. The van der Waals surface area contributed by atoms with Gasteiger partial charge in [-0.2, -0.15) is 13.2 Å². The Kier molecular flexibility index (Phi) is 34.9. The third-order valence-corrected chi connectivity index (χ3v) is 12.9. The standard InChI is InChI=1S/C32H42F4N2O9.C24H38N2O9.2CH4/c1-7-18(2)11-14-26(45-19(3)39)27(46-20(4)40)28(47-21(5)41)29(44-6)30(42)37-25-10-8-9-15-38(31(25)43)17-22-12-13-24(33)23(16-22)32(34,35)36;1-7-14(2)11-12-19(33-15(3)27)20(34-16(4)28)21(35-17(5)29)22(32-6)24(31)26-18-10-8-9-13-25-23(18)30;;/h11-14,16,18,25-29H,7-10,15,17H2,1-6H3,(H,37,42);11-12,14,18-22H,7-10,13H2,1-6H3,(H,25,30)(H,26,31);2*1H4/b14-11+;12-11+;;/t18?,25-,26+,27-,28+,29+;14?,18-,19+,20-,21+,22+;;/m00../s1. The van der Waals surface area contributed by atoms with Crippen molar-refractivity contribution in [1.29, 1.82) is 0 Å². The van der Waals surface area contributed by atoms with E-state index in [2.05, 4.69) is 16.0 Å². The summed E-state index contributed by atoms with van der Waals surface area (Å²) < 4.78 is 96.9. The van der Waals surface area contributed by atoms with Gasteiger partial charge in [-0.05, 0) is 80.2 Å². The number of allylic oxidation sites excluding steroid dienone is 2. The highest BCUT2D eigenvalue weighted by Gasteiger charge is 2.47. The highest BCUT2D eigenvalue weighted by atomic mass is 19.4. The van der Waals surface area contributed by atoms with E-state index in [9.17, 15) is 65.5 Å². The fourth-order valence-corrected chi connectivity index (χ4v) is 8.57. The van der Waals surface area contributed by atoms with Gasteiger partial charge < -0.3 is 58.7 Å². The topological polar surface area (TPSA) is 284 Å². The van der Waals surface area contributed by atoms with E-state index in [1.807, 2.05) is 27.7 Å². The number of carbonyl (C=O) groups excluding carboxylic acids is 10. The molecule has 0 aliphatic carbocycles. The number of nitrogens with zero attached hydrogens (tertiary/aromatic N) is 1. The molecular formula is C58H88F4N4O18. The molecule has 2 aliphatic heterocycles. The van der Waals surface area contributed by atoms with Gasteiger partial charge in [0.25, 0.3) is 11.8 Å². The SMILES string of the molecule is C.C.CCC(C)/C=C/[C@@H](OC(C)=O)[C@H](OC(C)=O)[C@@H](OC(C)=O)[C@@H](OC)C(=O)N[C@H]1CCCCN(Cc2ccc(F)c(C(F)(F)F)c2)C1=O.CCC(C)/C=C/[C@@H](OC(C)=O)[C@H](OC(C)=O)[C@@H](OC(C)=O)[C@@H](OC)C(=O)N[C@H]1CCCCNC1=O. The van der Waals surface area contributed by atoms with E-state index >= 15 is 0 Å². The van der Waals surface area contributed by atoms with Crippen LogP contribution in [0.1, 0.15) is 147 Å². The normalized spacial score (nSPS) is 19.0. The van der Waals surface area contributed by atoms with Crippen LogP contribution in [0.15, 0.2) is 42.5 Å². The molecule has 2 saturated heterocycles. The molecule has 0 radical (unpaired) electrons. The van der Waals surface area contributed by atoms with Gasteiger partial charge in [0.2, 0.25) is 11.8 Å². The average molecular weight is 1210 g/mol. The van der Waals surface area contributed by atoms with Crippen LogP contribution in [0, 0.1) is 17.7 Å². The van der Waals surface area contributed by atoms with Crippen molar-refractivity contribution in [3.05, 3.63) is 59.4 Å². The van der Waals surface area contributed by atoms with Crippen LogP contribution in [-0.4, -0.2) is 153 Å². The van der Waals surface area contributed by atoms with Gasteiger partial charge in [0.15, 0.2) is 48.8 Å². The second-order valence-corrected chi connectivity index (χ2v) is 19.8. The number of nitrogens with one attached hydrogen (secondary N) is 3. The maximum absolute atomic E-state index is 13.8. The van der Waals surface area contributed by atoms with E-state index in [1.165, 1.54) is 31.1 Å². The molecule has 1 aromatic rings. The van der Waals surface area contributed by atoms with Crippen molar-refractivity contribution in [2.45, 2.75) is 209 Å². The van der Waals surface area contributed by atoms with Crippen LogP contribution in [-0.2, 0) is 98.6 Å². The first kappa shape index (κ1) is 77.0. The number of hydrogen-bond acceptors (Lipinski definition) is 18. The number of benzene rings is 1. The molecule has 0 bridgehead atoms. The van der Waals surface area contributed by atoms with Crippen LogP contribution in [0.3, 0.4) is 0 Å². The van der Waals surface area contributed by atoms with Crippen LogP contribution in [0.5, 0.6) is 0 Å². The average Bonchev–Trinajstić information content (AvgIpc) is 3.81.